The van der Waals surface area contributed by atoms with Crippen molar-refractivity contribution in [3.63, 3.8) is 0 Å². The van der Waals surface area contributed by atoms with Gasteiger partial charge in [-0.05, 0) is 68.6 Å². The van der Waals surface area contributed by atoms with Gasteiger partial charge in [-0.25, -0.2) is 15.0 Å². The summed E-state index contributed by atoms with van der Waals surface area (Å²) in [5.74, 6) is 4.40. The van der Waals surface area contributed by atoms with Gasteiger partial charge in [-0.15, -0.1) is 0 Å². The Labute approximate surface area is 220 Å². The first kappa shape index (κ1) is 22.5. The highest BCUT2D eigenvalue weighted by atomic mass is 35.5. The van der Waals surface area contributed by atoms with Gasteiger partial charge in [0.1, 0.15) is 17.1 Å². The predicted octanol–water partition coefficient (Wildman–Crippen LogP) is 6.67. The van der Waals surface area contributed by atoms with Crippen LogP contribution in [0.25, 0.3) is 16.4 Å². The molecule has 2 aliphatic rings. The van der Waals surface area contributed by atoms with E-state index >= 15 is 0 Å². The van der Waals surface area contributed by atoms with Gasteiger partial charge >= 0.3 is 0 Å². The van der Waals surface area contributed by atoms with Crippen molar-refractivity contribution in [2.24, 2.45) is 5.92 Å². The lowest BCUT2D eigenvalue weighted by atomic mass is 9.74. The van der Waals surface area contributed by atoms with Crippen molar-refractivity contribution in [2.75, 3.05) is 25.0 Å². The number of benzene rings is 2. The molecule has 0 unspecified atom stereocenters. The third kappa shape index (κ3) is 4.38. The fourth-order valence-corrected chi connectivity index (χ4v) is 5.60. The van der Waals surface area contributed by atoms with Crippen LogP contribution >= 0.6 is 11.6 Å². The van der Waals surface area contributed by atoms with Gasteiger partial charge in [-0.2, -0.15) is 0 Å². The van der Waals surface area contributed by atoms with Gasteiger partial charge in [-0.3, -0.25) is 4.40 Å². The minimum Gasteiger partial charge on any atom is -0.439 e. The molecular formula is C29H27ClN6O. The summed E-state index contributed by atoms with van der Waals surface area (Å²) in [6, 6.07) is 17.3. The van der Waals surface area contributed by atoms with E-state index in [0.717, 1.165) is 45.4 Å². The molecule has 8 heteroatoms. The summed E-state index contributed by atoms with van der Waals surface area (Å²) in [6.07, 6.45) is 9.49. The van der Waals surface area contributed by atoms with Gasteiger partial charge in [0, 0.05) is 36.3 Å². The number of nitrogens with zero attached hydrogens (tertiary/aromatic N) is 5. The van der Waals surface area contributed by atoms with Crippen molar-refractivity contribution >= 4 is 39.5 Å². The molecule has 186 valence electrons. The van der Waals surface area contributed by atoms with E-state index in [2.05, 4.69) is 19.6 Å². The minimum absolute atomic E-state index is 0.500. The molecule has 1 saturated heterocycles. The third-order valence-electron chi connectivity index (χ3n) is 7.52. The Balaban J connectivity index is 1.13. The monoisotopic (exact) mass is 510 g/mol. The van der Waals surface area contributed by atoms with Crippen molar-refractivity contribution in [1.29, 1.82) is 0 Å². The molecule has 37 heavy (non-hydrogen) atoms. The molecule has 2 fully saturated rings. The average Bonchev–Trinajstić information content (AvgIpc) is 3.28. The fourth-order valence-electron chi connectivity index (χ4n) is 5.39. The summed E-state index contributed by atoms with van der Waals surface area (Å²) in [5, 5.41) is 4.96. The van der Waals surface area contributed by atoms with Gasteiger partial charge in [0.05, 0.1) is 22.4 Å². The average molecular weight is 511 g/mol. The maximum atomic E-state index is 6.66. The Hall–Kier alpha value is -3.68. The number of likely N-dealkylation sites (tertiary alicyclic amines) is 1. The summed E-state index contributed by atoms with van der Waals surface area (Å²) >= 11 is 6.66. The first-order chi connectivity index (χ1) is 18.2. The van der Waals surface area contributed by atoms with Gasteiger partial charge in [-0.1, -0.05) is 29.8 Å². The Kier molecular flexibility index (Phi) is 5.67. The van der Waals surface area contributed by atoms with E-state index in [1.165, 1.54) is 38.9 Å². The molecule has 3 aromatic heterocycles. The molecule has 7 nitrogen and oxygen atoms in total. The lowest BCUT2D eigenvalue weighted by molar-refractivity contribution is 0.107. The Morgan fingerprint density at radius 1 is 1.03 bits per heavy atom. The van der Waals surface area contributed by atoms with E-state index < -0.39 is 0 Å². The zero-order chi connectivity index (χ0) is 24.8. The van der Waals surface area contributed by atoms with Gasteiger partial charge in [0.25, 0.3) is 0 Å². The second-order valence-electron chi connectivity index (χ2n) is 10.1. The number of pyridine rings is 1. The minimum atomic E-state index is 0.500. The molecule has 5 aromatic rings. The summed E-state index contributed by atoms with van der Waals surface area (Å²) in [7, 11) is 0. The predicted molar refractivity (Wildman–Crippen MR) is 146 cm³/mol. The summed E-state index contributed by atoms with van der Waals surface area (Å²) in [5.41, 5.74) is 2.46. The molecule has 0 spiro atoms. The van der Waals surface area contributed by atoms with Crippen molar-refractivity contribution in [1.82, 2.24) is 24.3 Å². The van der Waals surface area contributed by atoms with Gasteiger partial charge in [0.2, 0.25) is 5.88 Å². The number of ether oxygens (including phenoxy) is 1. The maximum absolute atomic E-state index is 6.66. The van der Waals surface area contributed by atoms with Crippen LogP contribution in [0.3, 0.4) is 0 Å². The van der Waals surface area contributed by atoms with Crippen LogP contribution < -0.4 is 10.1 Å². The molecule has 1 aliphatic carbocycles. The Morgan fingerprint density at radius 3 is 2.70 bits per heavy atom. The molecule has 0 atom stereocenters. The molecule has 0 bridgehead atoms. The van der Waals surface area contributed by atoms with Crippen LogP contribution in [0.2, 0.25) is 5.02 Å². The van der Waals surface area contributed by atoms with E-state index in [9.17, 15) is 0 Å². The van der Waals surface area contributed by atoms with Crippen molar-refractivity contribution < 1.29 is 4.74 Å². The highest BCUT2D eigenvalue weighted by molar-refractivity contribution is 6.34. The van der Waals surface area contributed by atoms with E-state index in [-0.39, 0.29) is 0 Å². The standard InChI is InChI=1S/C29H27ClN6O/c30-23-15-20-7-8-27(37-22-5-2-1-3-6-22)33-24(20)16-25(23)34-28-26-17-32-29(36(26)12-9-31-28)21-13-19(14-21)18-35-10-4-11-35/h1-3,5-9,12,15-17,19,21H,4,10-11,13-14,18H2,(H,31,34). The number of nitrogens with one attached hydrogen (secondary N) is 1. The van der Waals surface area contributed by atoms with Gasteiger partial charge in [0.15, 0.2) is 5.82 Å². The number of imidazole rings is 1. The van der Waals surface area contributed by atoms with Crippen LogP contribution in [0.1, 0.15) is 31.0 Å². The molecule has 4 heterocycles. The van der Waals surface area contributed by atoms with Crippen LogP contribution in [-0.2, 0) is 0 Å². The van der Waals surface area contributed by atoms with Crippen LogP contribution in [0.5, 0.6) is 11.6 Å². The number of rotatable bonds is 7. The highest BCUT2D eigenvalue weighted by Gasteiger charge is 2.35. The molecule has 1 aliphatic heterocycles. The first-order valence-electron chi connectivity index (χ1n) is 12.8. The van der Waals surface area contributed by atoms with Crippen molar-refractivity contribution in [3.8, 4) is 11.6 Å². The van der Waals surface area contributed by atoms with E-state index in [1.807, 2.05) is 73.2 Å². The molecule has 0 radical (unpaired) electrons. The van der Waals surface area contributed by atoms with Crippen LogP contribution in [-0.4, -0.2) is 43.9 Å². The first-order valence-corrected chi connectivity index (χ1v) is 13.2. The number of para-hydroxylation sites is 1. The number of hydrogen-bond donors (Lipinski definition) is 1. The molecule has 1 saturated carbocycles. The van der Waals surface area contributed by atoms with Gasteiger partial charge < -0.3 is 15.0 Å². The largest absolute Gasteiger partial charge is 0.439 e. The molecule has 1 N–H and O–H groups in total. The van der Waals surface area contributed by atoms with E-state index in [0.29, 0.717) is 16.8 Å². The lowest BCUT2D eigenvalue weighted by Crippen LogP contribution is -2.43. The lowest BCUT2D eigenvalue weighted by Gasteiger charge is -2.41. The summed E-state index contributed by atoms with van der Waals surface area (Å²) < 4.78 is 8.09. The van der Waals surface area contributed by atoms with Crippen molar-refractivity contribution in [2.45, 2.75) is 25.2 Å². The highest BCUT2D eigenvalue weighted by Crippen LogP contribution is 2.42. The second-order valence-corrected chi connectivity index (χ2v) is 10.5. The second kappa shape index (κ2) is 9.32. The van der Waals surface area contributed by atoms with E-state index in [4.69, 9.17) is 26.3 Å². The number of halogens is 1. The molecule has 0 amide bonds. The van der Waals surface area contributed by atoms with Crippen LogP contribution in [0.4, 0.5) is 11.5 Å². The topological polar surface area (TPSA) is 67.6 Å². The maximum Gasteiger partial charge on any atom is 0.219 e. The number of hydrogen-bond acceptors (Lipinski definition) is 6. The number of anilines is 2. The molecule has 2 aromatic carbocycles. The van der Waals surface area contributed by atoms with Crippen LogP contribution in [0.15, 0.2) is 73.2 Å². The Morgan fingerprint density at radius 2 is 1.89 bits per heavy atom. The number of aromatic nitrogens is 4. The van der Waals surface area contributed by atoms with Crippen LogP contribution in [0, 0.1) is 5.92 Å². The third-order valence-corrected chi connectivity index (χ3v) is 7.84. The zero-order valence-corrected chi connectivity index (χ0v) is 21.1. The van der Waals surface area contributed by atoms with Crippen molar-refractivity contribution in [3.05, 3.63) is 84.0 Å². The van der Waals surface area contributed by atoms with E-state index in [1.54, 1.807) is 0 Å². The smallest absolute Gasteiger partial charge is 0.219 e. The number of fused-ring (bicyclic) bond motifs is 2. The summed E-state index contributed by atoms with van der Waals surface area (Å²) in [4.78, 5) is 16.7. The SMILES string of the molecule is Clc1cc2ccc(Oc3ccccc3)nc2cc1Nc1nccn2c(C3CC(CN4CCC4)C3)ncc12. The molecule has 7 rings (SSSR count). The molecular weight excluding hydrogens is 484 g/mol. The normalized spacial score (nSPS) is 19.5. The zero-order valence-electron chi connectivity index (χ0n) is 20.3. The summed E-state index contributed by atoms with van der Waals surface area (Å²) in [6.45, 7) is 3.77. The quantitative estimate of drug-likeness (QED) is 0.264. The fraction of sp³-hybridized carbons (Fsp3) is 0.276. The Bertz CT molecular complexity index is 1580.